The minimum atomic E-state index is -0.541. The van der Waals surface area contributed by atoms with Gasteiger partial charge in [-0.15, -0.1) is 0 Å². The van der Waals surface area contributed by atoms with Gasteiger partial charge in [-0.05, 0) is 29.0 Å². The molecular formula is C17H11ClN2O3. The molecule has 0 unspecified atom stereocenters. The second kappa shape index (κ2) is 6.06. The van der Waals surface area contributed by atoms with Gasteiger partial charge in [-0.1, -0.05) is 41.9 Å². The summed E-state index contributed by atoms with van der Waals surface area (Å²) < 4.78 is 0. The smallest absolute Gasteiger partial charge is 0.271 e. The zero-order valence-electron chi connectivity index (χ0n) is 11.8. The number of nitrogens with one attached hydrogen (secondary N) is 1. The standard InChI is InChI=1S/C17H11ClN2O3/c18-15-10-14(20(22)23)7-8-16(15)19-17(21)13-6-5-11-3-1-2-4-12(11)9-13/h1-10H,(H,19,21). The normalized spacial score (nSPS) is 10.5. The third-order valence-electron chi connectivity index (χ3n) is 3.42. The number of anilines is 1. The van der Waals surface area contributed by atoms with Crippen molar-refractivity contribution in [1.29, 1.82) is 0 Å². The number of rotatable bonds is 3. The Labute approximate surface area is 136 Å². The van der Waals surface area contributed by atoms with E-state index in [0.29, 0.717) is 11.3 Å². The summed E-state index contributed by atoms with van der Waals surface area (Å²) in [5.74, 6) is -0.327. The van der Waals surface area contributed by atoms with Gasteiger partial charge in [-0.3, -0.25) is 14.9 Å². The quantitative estimate of drug-likeness (QED) is 0.562. The van der Waals surface area contributed by atoms with Crippen molar-refractivity contribution in [2.24, 2.45) is 0 Å². The number of carbonyl (C=O) groups excluding carboxylic acids is 1. The van der Waals surface area contributed by atoms with Crippen LogP contribution < -0.4 is 5.32 Å². The summed E-state index contributed by atoms with van der Waals surface area (Å²) in [5.41, 5.74) is 0.687. The van der Waals surface area contributed by atoms with Crippen LogP contribution in [0.1, 0.15) is 10.4 Å². The van der Waals surface area contributed by atoms with Gasteiger partial charge in [0.1, 0.15) is 0 Å². The highest BCUT2D eigenvalue weighted by atomic mass is 35.5. The van der Waals surface area contributed by atoms with Gasteiger partial charge in [-0.25, -0.2) is 0 Å². The maximum absolute atomic E-state index is 12.3. The van der Waals surface area contributed by atoms with Gasteiger partial charge in [0.05, 0.1) is 15.6 Å². The van der Waals surface area contributed by atoms with Crippen molar-refractivity contribution in [3.05, 3.63) is 81.4 Å². The molecule has 0 aliphatic rings. The number of halogens is 1. The predicted octanol–water partition coefficient (Wildman–Crippen LogP) is 4.65. The fraction of sp³-hybridized carbons (Fsp3) is 0. The van der Waals surface area contributed by atoms with Crippen molar-refractivity contribution in [1.82, 2.24) is 0 Å². The van der Waals surface area contributed by atoms with Gasteiger partial charge in [0.15, 0.2) is 0 Å². The number of benzene rings is 3. The van der Waals surface area contributed by atoms with E-state index >= 15 is 0 Å². The number of nitro benzene ring substituents is 1. The Morgan fingerprint density at radius 1 is 1.00 bits per heavy atom. The molecule has 0 aliphatic heterocycles. The highest BCUT2D eigenvalue weighted by Crippen LogP contribution is 2.27. The van der Waals surface area contributed by atoms with Crippen LogP contribution in [-0.4, -0.2) is 10.8 Å². The summed E-state index contributed by atoms with van der Waals surface area (Å²) >= 11 is 5.98. The fourth-order valence-corrected chi connectivity index (χ4v) is 2.47. The lowest BCUT2D eigenvalue weighted by Crippen LogP contribution is -2.12. The summed E-state index contributed by atoms with van der Waals surface area (Å²) in [6.07, 6.45) is 0. The van der Waals surface area contributed by atoms with Gasteiger partial charge >= 0.3 is 0 Å². The minimum Gasteiger partial charge on any atom is -0.321 e. The lowest BCUT2D eigenvalue weighted by atomic mass is 10.1. The predicted molar refractivity (Wildman–Crippen MR) is 90.0 cm³/mol. The van der Waals surface area contributed by atoms with E-state index in [1.54, 1.807) is 12.1 Å². The monoisotopic (exact) mass is 326 g/mol. The molecule has 0 fully saturated rings. The molecule has 0 radical (unpaired) electrons. The summed E-state index contributed by atoms with van der Waals surface area (Å²) in [5, 5.41) is 15.5. The van der Waals surface area contributed by atoms with Crippen LogP contribution in [0.25, 0.3) is 10.8 Å². The highest BCUT2D eigenvalue weighted by Gasteiger charge is 2.13. The number of fused-ring (bicyclic) bond motifs is 1. The van der Waals surface area contributed by atoms with E-state index in [1.165, 1.54) is 18.2 Å². The van der Waals surface area contributed by atoms with Crippen molar-refractivity contribution in [3.8, 4) is 0 Å². The average Bonchev–Trinajstić information content (AvgIpc) is 2.56. The maximum atomic E-state index is 12.3. The molecule has 23 heavy (non-hydrogen) atoms. The van der Waals surface area contributed by atoms with Gasteiger partial charge in [0.25, 0.3) is 11.6 Å². The van der Waals surface area contributed by atoms with E-state index in [9.17, 15) is 14.9 Å². The van der Waals surface area contributed by atoms with Crippen molar-refractivity contribution in [3.63, 3.8) is 0 Å². The topological polar surface area (TPSA) is 72.2 Å². The molecule has 114 valence electrons. The van der Waals surface area contributed by atoms with Gasteiger partial charge in [0.2, 0.25) is 0 Å². The third-order valence-corrected chi connectivity index (χ3v) is 3.74. The van der Waals surface area contributed by atoms with E-state index in [1.807, 2.05) is 30.3 Å². The Hall–Kier alpha value is -2.92. The number of hydrogen-bond donors (Lipinski definition) is 1. The molecule has 6 heteroatoms. The summed E-state index contributed by atoms with van der Waals surface area (Å²) in [6.45, 7) is 0. The molecule has 0 aliphatic carbocycles. The van der Waals surface area contributed by atoms with Crippen molar-refractivity contribution >= 4 is 39.7 Å². The minimum absolute atomic E-state index is 0.119. The third kappa shape index (κ3) is 3.14. The molecular weight excluding hydrogens is 316 g/mol. The zero-order chi connectivity index (χ0) is 16.4. The zero-order valence-corrected chi connectivity index (χ0v) is 12.6. The molecule has 0 heterocycles. The van der Waals surface area contributed by atoms with Crippen molar-refractivity contribution in [2.45, 2.75) is 0 Å². The molecule has 0 bridgehead atoms. The number of amides is 1. The van der Waals surface area contributed by atoms with Gasteiger partial charge < -0.3 is 5.32 Å². The summed E-state index contributed by atoms with van der Waals surface area (Å²) in [7, 11) is 0. The second-order valence-electron chi connectivity index (χ2n) is 4.94. The molecule has 0 atom stereocenters. The Morgan fingerprint density at radius 3 is 2.43 bits per heavy atom. The lowest BCUT2D eigenvalue weighted by Gasteiger charge is -2.08. The maximum Gasteiger partial charge on any atom is 0.271 e. The molecule has 3 aromatic rings. The highest BCUT2D eigenvalue weighted by molar-refractivity contribution is 6.34. The first-order chi connectivity index (χ1) is 11.0. The number of nitro groups is 1. The average molecular weight is 327 g/mol. The number of hydrogen-bond acceptors (Lipinski definition) is 3. The molecule has 1 N–H and O–H groups in total. The fourth-order valence-electron chi connectivity index (χ4n) is 2.24. The first-order valence-corrected chi connectivity index (χ1v) is 7.16. The Morgan fingerprint density at radius 2 is 1.74 bits per heavy atom. The molecule has 3 aromatic carbocycles. The van der Waals surface area contributed by atoms with Crippen molar-refractivity contribution in [2.75, 3.05) is 5.32 Å². The van der Waals surface area contributed by atoms with Crippen LogP contribution in [0.2, 0.25) is 5.02 Å². The SMILES string of the molecule is O=C(Nc1ccc([N+](=O)[O-])cc1Cl)c1ccc2ccccc2c1. The van der Waals surface area contributed by atoms with Crippen LogP contribution in [0.15, 0.2) is 60.7 Å². The largest absolute Gasteiger partial charge is 0.321 e. The second-order valence-corrected chi connectivity index (χ2v) is 5.34. The van der Waals surface area contributed by atoms with E-state index in [0.717, 1.165) is 10.8 Å². The molecule has 0 spiro atoms. The van der Waals surface area contributed by atoms with Crippen LogP contribution in [0.4, 0.5) is 11.4 Å². The van der Waals surface area contributed by atoms with E-state index in [4.69, 9.17) is 11.6 Å². The number of carbonyl (C=O) groups is 1. The lowest BCUT2D eigenvalue weighted by molar-refractivity contribution is -0.384. The molecule has 3 rings (SSSR count). The molecule has 5 nitrogen and oxygen atoms in total. The Bertz CT molecular complexity index is 925. The van der Waals surface area contributed by atoms with E-state index in [-0.39, 0.29) is 16.6 Å². The van der Waals surface area contributed by atoms with Crippen LogP contribution >= 0.6 is 11.6 Å². The molecule has 1 amide bonds. The van der Waals surface area contributed by atoms with Gasteiger partial charge in [0, 0.05) is 17.7 Å². The van der Waals surface area contributed by atoms with Crippen LogP contribution in [0.5, 0.6) is 0 Å². The van der Waals surface area contributed by atoms with Crippen molar-refractivity contribution < 1.29 is 9.72 Å². The molecule has 0 saturated heterocycles. The van der Waals surface area contributed by atoms with E-state index < -0.39 is 4.92 Å². The van der Waals surface area contributed by atoms with Crippen LogP contribution in [-0.2, 0) is 0 Å². The van der Waals surface area contributed by atoms with Crippen LogP contribution in [0.3, 0.4) is 0 Å². The number of non-ortho nitro benzene ring substituents is 1. The number of nitrogens with zero attached hydrogens (tertiary/aromatic N) is 1. The first kappa shape index (κ1) is 15.0. The molecule has 0 aromatic heterocycles. The summed E-state index contributed by atoms with van der Waals surface area (Å²) in [6, 6.07) is 17.0. The molecule has 0 saturated carbocycles. The van der Waals surface area contributed by atoms with Gasteiger partial charge in [-0.2, -0.15) is 0 Å². The first-order valence-electron chi connectivity index (χ1n) is 6.79. The van der Waals surface area contributed by atoms with Crippen LogP contribution in [0, 0.1) is 10.1 Å². The van der Waals surface area contributed by atoms with E-state index in [2.05, 4.69) is 5.32 Å². The summed E-state index contributed by atoms with van der Waals surface area (Å²) in [4.78, 5) is 22.5. The Balaban J connectivity index is 1.87. The Kier molecular flexibility index (Phi) is 3.95.